The summed E-state index contributed by atoms with van der Waals surface area (Å²) in [6.45, 7) is 9.39. The number of aromatic nitrogens is 2. The second kappa shape index (κ2) is 10.6. The fourth-order valence-corrected chi connectivity index (χ4v) is 7.47. The molecule has 4 aromatic rings. The van der Waals surface area contributed by atoms with E-state index in [0.29, 0.717) is 10.8 Å². The van der Waals surface area contributed by atoms with Crippen LogP contribution >= 0.6 is 11.3 Å². The number of nitrogens with one attached hydrogen (secondary N) is 1. The largest absolute Gasteiger partial charge is 0.464 e. The van der Waals surface area contributed by atoms with Gasteiger partial charge >= 0.3 is 0 Å². The van der Waals surface area contributed by atoms with Crippen LogP contribution in [-0.2, 0) is 16.1 Å². The summed E-state index contributed by atoms with van der Waals surface area (Å²) in [6.07, 6.45) is 5.92. The summed E-state index contributed by atoms with van der Waals surface area (Å²) in [5.41, 5.74) is 3.21. The van der Waals surface area contributed by atoms with Gasteiger partial charge in [-0.2, -0.15) is 0 Å². The molecule has 0 bridgehead atoms. The van der Waals surface area contributed by atoms with Crippen LogP contribution in [0.25, 0.3) is 21.7 Å². The molecule has 3 fully saturated rings. The van der Waals surface area contributed by atoms with Crippen molar-refractivity contribution in [2.45, 2.75) is 31.8 Å². The van der Waals surface area contributed by atoms with Crippen molar-refractivity contribution in [3.05, 3.63) is 71.8 Å². The topological polar surface area (TPSA) is 92.8 Å². The average Bonchev–Trinajstić information content (AvgIpc) is 3.77. The number of amides is 2. The lowest BCUT2D eigenvalue weighted by atomic mass is 9.64. The van der Waals surface area contributed by atoms with Crippen molar-refractivity contribution in [1.29, 1.82) is 0 Å². The number of furan rings is 1. The Bertz CT molecular complexity index is 1590. The Labute approximate surface area is 242 Å². The number of carbonyl (C=O) groups is 2. The number of fused-ring (bicyclic) bond motifs is 1. The summed E-state index contributed by atoms with van der Waals surface area (Å²) in [6, 6.07) is 14.1. The van der Waals surface area contributed by atoms with E-state index in [1.54, 1.807) is 6.26 Å². The first-order chi connectivity index (χ1) is 20.0. The molecule has 0 atom stereocenters. The number of imidazole rings is 1. The molecule has 2 aliphatic heterocycles. The zero-order chi connectivity index (χ0) is 28.0. The van der Waals surface area contributed by atoms with E-state index in [2.05, 4.69) is 39.6 Å². The molecule has 7 rings (SSSR count). The number of benzene rings is 1. The highest BCUT2D eigenvalue weighted by atomic mass is 32.1. The van der Waals surface area contributed by atoms with Gasteiger partial charge < -0.3 is 18.6 Å². The van der Waals surface area contributed by atoms with Gasteiger partial charge in [-0.25, -0.2) is 4.98 Å². The fraction of sp³-hybridized carbons (Fsp3) is 0.387. The van der Waals surface area contributed by atoms with Crippen molar-refractivity contribution in [2.24, 2.45) is 5.41 Å². The number of thiophene rings is 1. The van der Waals surface area contributed by atoms with Gasteiger partial charge in [0.2, 0.25) is 11.9 Å². The molecule has 41 heavy (non-hydrogen) atoms. The molecule has 212 valence electrons. The Balaban J connectivity index is 1.16. The Morgan fingerprint density at radius 3 is 2.78 bits per heavy atom. The first-order valence-corrected chi connectivity index (χ1v) is 15.0. The Kier molecular flexibility index (Phi) is 6.76. The van der Waals surface area contributed by atoms with Crippen molar-refractivity contribution in [2.75, 3.05) is 44.7 Å². The van der Waals surface area contributed by atoms with Crippen LogP contribution in [0, 0.1) is 5.41 Å². The minimum absolute atomic E-state index is 0.00372. The molecule has 1 spiro atoms. The van der Waals surface area contributed by atoms with Crippen LogP contribution in [0.1, 0.15) is 40.5 Å². The third kappa shape index (κ3) is 5.00. The minimum atomic E-state index is -0.185. The first-order valence-electron chi connectivity index (χ1n) is 14.2. The molecule has 3 aliphatic rings. The molecular formula is C31H33N5O4S. The second-order valence-electron chi connectivity index (χ2n) is 11.4. The number of nitrogens with zero attached hydrogens (tertiary/aromatic N) is 4. The number of ether oxygens (including phenoxy) is 1. The molecule has 10 heteroatoms. The molecule has 2 amide bonds. The summed E-state index contributed by atoms with van der Waals surface area (Å²) >= 11 is 1.40. The van der Waals surface area contributed by atoms with Crippen LogP contribution in [0.3, 0.4) is 0 Å². The molecule has 1 N–H and O–H groups in total. The normalized spacial score (nSPS) is 22.7. The predicted octanol–water partition coefficient (Wildman–Crippen LogP) is 5.18. The zero-order valence-electron chi connectivity index (χ0n) is 22.9. The Hall–Kier alpha value is -3.73. The molecule has 1 saturated carbocycles. The van der Waals surface area contributed by atoms with Crippen LogP contribution in [0.15, 0.2) is 65.8 Å². The predicted molar refractivity (Wildman–Crippen MR) is 158 cm³/mol. The molecule has 3 aromatic heterocycles. The Morgan fingerprint density at radius 2 is 2.00 bits per heavy atom. The third-order valence-electron chi connectivity index (χ3n) is 8.71. The van der Waals surface area contributed by atoms with E-state index in [4.69, 9.17) is 14.1 Å². The van der Waals surface area contributed by atoms with Gasteiger partial charge in [-0.15, -0.1) is 11.3 Å². The highest BCUT2D eigenvalue weighted by Crippen LogP contribution is 2.55. The van der Waals surface area contributed by atoms with E-state index in [0.717, 1.165) is 86.9 Å². The number of carbonyl (C=O) groups excluding carboxylic acids is 2. The van der Waals surface area contributed by atoms with E-state index in [1.807, 2.05) is 29.2 Å². The van der Waals surface area contributed by atoms with Crippen molar-refractivity contribution in [3.63, 3.8) is 0 Å². The lowest BCUT2D eigenvalue weighted by Gasteiger charge is -2.46. The Morgan fingerprint density at radius 1 is 1.15 bits per heavy atom. The van der Waals surface area contributed by atoms with Gasteiger partial charge in [0.1, 0.15) is 5.76 Å². The maximum absolute atomic E-state index is 13.4. The third-order valence-corrected chi connectivity index (χ3v) is 9.81. The number of rotatable bonds is 7. The lowest BCUT2D eigenvalue weighted by molar-refractivity contribution is -0.125. The number of anilines is 1. The smallest absolute Gasteiger partial charge is 0.268 e. The lowest BCUT2D eigenvalue weighted by Crippen LogP contribution is -2.42. The van der Waals surface area contributed by atoms with Gasteiger partial charge in [-0.05, 0) is 72.7 Å². The van der Waals surface area contributed by atoms with Gasteiger partial charge in [-0.1, -0.05) is 12.6 Å². The van der Waals surface area contributed by atoms with Crippen molar-refractivity contribution >= 4 is 40.1 Å². The van der Waals surface area contributed by atoms with Gasteiger partial charge in [-0.3, -0.25) is 19.8 Å². The molecule has 0 radical (unpaired) electrons. The van der Waals surface area contributed by atoms with E-state index in [1.165, 1.54) is 23.0 Å². The van der Waals surface area contributed by atoms with Crippen molar-refractivity contribution < 1.29 is 18.7 Å². The first kappa shape index (κ1) is 26.2. The van der Waals surface area contributed by atoms with Crippen molar-refractivity contribution in [1.82, 2.24) is 19.4 Å². The second-order valence-corrected chi connectivity index (χ2v) is 12.5. The highest BCUT2D eigenvalue weighted by molar-refractivity contribution is 7.17. The fourth-order valence-electron chi connectivity index (χ4n) is 6.60. The monoisotopic (exact) mass is 571 g/mol. The van der Waals surface area contributed by atoms with Crippen LogP contribution in [-0.4, -0.2) is 70.6 Å². The molecule has 2 saturated heterocycles. The number of morpholine rings is 1. The van der Waals surface area contributed by atoms with Gasteiger partial charge in [0.25, 0.3) is 5.91 Å². The quantitative estimate of drug-likeness (QED) is 0.307. The van der Waals surface area contributed by atoms with E-state index in [9.17, 15) is 9.59 Å². The molecular weight excluding hydrogens is 538 g/mol. The van der Waals surface area contributed by atoms with Crippen LogP contribution in [0.2, 0.25) is 0 Å². The molecule has 5 heterocycles. The summed E-state index contributed by atoms with van der Waals surface area (Å²) in [4.78, 5) is 36.4. The maximum atomic E-state index is 13.4. The highest BCUT2D eigenvalue weighted by Gasteiger charge is 2.50. The van der Waals surface area contributed by atoms with Gasteiger partial charge in [0.05, 0.1) is 40.3 Å². The van der Waals surface area contributed by atoms with Crippen molar-refractivity contribution in [3.8, 4) is 10.6 Å². The summed E-state index contributed by atoms with van der Waals surface area (Å²) in [5, 5.41) is 3.13. The SMILES string of the molecule is C=CC(=O)N1CCC2(CC(n3c(NC(=O)c4ccc(-c5ccco5)s4)nc4cc(CN5CCOCC5)ccc43)C2)C1. The molecule has 9 nitrogen and oxygen atoms in total. The average molecular weight is 572 g/mol. The standard InChI is InChI=1S/C31H33N5O4S/c1-2-28(37)35-10-9-31(20-35)17-22(18-31)36-24-6-5-21(19-34-11-14-39-15-12-34)16-23(24)32-30(36)33-29(38)27-8-7-26(41-27)25-4-3-13-40-25/h2-8,13,16,22H,1,9-12,14-15,17-20H2,(H,32,33,38). The van der Waals surface area contributed by atoms with Crippen LogP contribution < -0.4 is 5.32 Å². The number of hydrogen-bond donors (Lipinski definition) is 1. The van der Waals surface area contributed by atoms with Crippen LogP contribution in [0.5, 0.6) is 0 Å². The van der Waals surface area contributed by atoms with Gasteiger partial charge in [0, 0.05) is 38.8 Å². The molecule has 1 aliphatic carbocycles. The molecule has 1 aromatic carbocycles. The minimum Gasteiger partial charge on any atom is -0.464 e. The van der Waals surface area contributed by atoms with Gasteiger partial charge in [0.15, 0.2) is 0 Å². The summed E-state index contributed by atoms with van der Waals surface area (Å²) in [5.74, 6) is 1.13. The summed E-state index contributed by atoms with van der Waals surface area (Å²) in [7, 11) is 0. The summed E-state index contributed by atoms with van der Waals surface area (Å²) < 4.78 is 13.2. The maximum Gasteiger partial charge on any atom is 0.268 e. The zero-order valence-corrected chi connectivity index (χ0v) is 23.7. The number of hydrogen-bond acceptors (Lipinski definition) is 7. The van der Waals surface area contributed by atoms with E-state index in [-0.39, 0.29) is 23.3 Å². The van der Waals surface area contributed by atoms with E-state index < -0.39 is 0 Å². The number of likely N-dealkylation sites (tertiary alicyclic amines) is 1. The van der Waals surface area contributed by atoms with E-state index >= 15 is 0 Å². The molecule has 0 unspecified atom stereocenters. The van der Waals surface area contributed by atoms with Crippen LogP contribution in [0.4, 0.5) is 5.95 Å².